The smallest absolute Gasteiger partial charge is 0.241 e. The summed E-state index contributed by atoms with van der Waals surface area (Å²) in [5, 5.41) is 9.64. The Balaban J connectivity index is 3.09. The van der Waals surface area contributed by atoms with Crippen molar-refractivity contribution in [1.82, 2.24) is 4.98 Å². The topological polar surface area (TPSA) is 51.6 Å². The minimum atomic E-state index is -2.64. The van der Waals surface area contributed by atoms with E-state index in [2.05, 4.69) is 4.98 Å². The summed E-state index contributed by atoms with van der Waals surface area (Å²) >= 11 is 5.30. The van der Waals surface area contributed by atoms with Gasteiger partial charge < -0.3 is 14.2 Å². The molecule has 1 heterocycles. The molecule has 1 aromatic heterocycles. The highest BCUT2D eigenvalue weighted by atomic mass is 32.5. The van der Waals surface area contributed by atoms with Gasteiger partial charge in [-0.1, -0.05) is 0 Å². The van der Waals surface area contributed by atoms with Gasteiger partial charge in [-0.15, -0.1) is 0 Å². The number of aromatic hydroxyl groups is 1. The van der Waals surface area contributed by atoms with E-state index in [-0.39, 0.29) is 5.75 Å². The van der Waals surface area contributed by atoms with Crippen LogP contribution in [0.1, 0.15) is 13.8 Å². The molecule has 0 saturated heterocycles. The predicted molar refractivity (Wildman–Crippen MR) is 63.1 cm³/mol. The fourth-order valence-electron chi connectivity index (χ4n) is 1.10. The second-order valence-electron chi connectivity index (χ2n) is 2.68. The second kappa shape index (κ2) is 5.56. The minimum absolute atomic E-state index is 0.0303. The van der Waals surface area contributed by atoms with Crippen LogP contribution in [-0.2, 0) is 20.9 Å². The Kier molecular flexibility index (Phi) is 4.67. The fourth-order valence-corrected chi connectivity index (χ4v) is 3.72. The molecule has 0 aliphatic carbocycles. The van der Waals surface area contributed by atoms with Crippen molar-refractivity contribution >= 4 is 23.7 Å². The molecular formula is C9H14NO3PS. The van der Waals surface area contributed by atoms with E-state index in [1.54, 1.807) is 12.3 Å². The normalized spacial score (nSPS) is 11.6. The third-order valence-electron chi connectivity index (χ3n) is 1.62. The maximum absolute atomic E-state index is 9.64. The molecule has 0 spiro atoms. The lowest BCUT2D eigenvalue weighted by Gasteiger charge is -2.20. The minimum Gasteiger partial charge on any atom is -0.505 e. The molecule has 0 fully saturated rings. The SMILES string of the molecule is CCOP(=S)(OCC)c1ncccc1O. The Morgan fingerprint density at radius 2 is 2.00 bits per heavy atom. The summed E-state index contributed by atoms with van der Waals surface area (Å²) in [4.78, 5) is 4.03. The quantitative estimate of drug-likeness (QED) is 0.804. The van der Waals surface area contributed by atoms with E-state index in [1.807, 2.05) is 13.8 Å². The van der Waals surface area contributed by atoms with Crippen LogP contribution < -0.4 is 5.44 Å². The maximum atomic E-state index is 9.64. The zero-order valence-electron chi connectivity index (χ0n) is 8.71. The molecule has 0 aliphatic heterocycles. The van der Waals surface area contributed by atoms with Crippen LogP contribution >= 0.6 is 6.49 Å². The lowest BCUT2D eigenvalue weighted by atomic mass is 10.5. The second-order valence-corrected chi connectivity index (χ2v) is 6.06. The van der Waals surface area contributed by atoms with Gasteiger partial charge >= 0.3 is 0 Å². The van der Waals surface area contributed by atoms with Gasteiger partial charge in [-0.3, -0.25) is 0 Å². The van der Waals surface area contributed by atoms with E-state index in [4.69, 9.17) is 20.9 Å². The third-order valence-corrected chi connectivity index (χ3v) is 4.83. The van der Waals surface area contributed by atoms with E-state index in [1.165, 1.54) is 6.07 Å². The molecule has 0 atom stereocenters. The van der Waals surface area contributed by atoms with Gasteiger partial charge in [-0.05, 0) is 37.8 Å². The van der Waals surface area contributed by atoms with Crippen molar-refractivity contribution in [1.29, 1.82) is 0 Å². The highest BCUT2D eigenvalue weighted by Gasteiger charge is 2.25. The van der Waals surface area contributed by atoms with E-state index in [0.717, 1.165) is 0 Å². The lowest BCUT2D eigenvalue weighted by Crippen LogP contribution is -2.14. The van der Waals surface area contributed by atoms with Crippen molar-refractivity contribution in [3.63, 3.8) is 0 Å². The number of rotatable bonds is 5. The van der Waals surface area contributed by atoms with E-state index < -0.39 is 6.49 Å². The maximum Gasteiger partial charge on any atom is 0.241 e. The predicted octanol–water partition coefficient (Wildman–Crippen LogP) is 1.79. The molecule has 0 bridgehead atoms. The van der Waals surface area contributed by atoms with E-state index in [9.17, 15) is 5.11 Å². The van der Waals surface area contributed by atoms with Crippen LogP contribution in [0.3, 0.4) is 0 Å². The van der Waals surface area contributed by atoms with E-state index in [0.29, 0.717) is 18.6 Å². The fraction of sp³-hybridized carbons (Fsp3) is 0.444. The van der Waals surface area contributed by atoms with Crippen molar-refractivity contribution in [2.45, 2.75) is 13.8 Å². The average molecular weight is 247 g/mol. The molecule has 0 saturated carbocycles. The van der Waals surface area contributed by atoms with Gasteiger partial charge in [0.1, 0.15) is 5.75 Å². The van der Waals surface area contributed by atoms with Gasteiger partial charge in [0.2, 0.25) is 6.49 Å². The van der Waals surface area contributed by atoms with Crippen molar-refractivity contribution in [3.8, 4) is 5.75 Å². The first-order valence-corrected chi connectivity index (χ1v) is 7.31. The van der Waals surface area contributed by atoms with Crippen molar-refractivity contribution in [2.75, 3.05) is 13.2 Å². The first-order valence-electron chi connectivity index (χ1n) is 4.67. The molecule has 6 heteroatoms. The van der Waals surface area contributed by atoms with Crippen LogP contribution in [0, 0.1) is 0 Å². The molecule has 1 rings (SSSR count). The Morgan fingerprint density at radius 1 is 1.40 bits per heavy atom. The monoisotopic (exact) mass is 247 g/mol. The van der Waals surface area contributed by atoms with Crippen LogP contribution in [0.4, 0.5) is 0 Å². The first-order chi connectivity index (χ1) is 7.14. The molecule has 15 heavy (non-hydrogen) atoms. The Morgan fingerprint density at radius 3 is 2.47 bits per heavy atom. The van der Waals surface area contributed by atoms with Crippen LogP contribution in [-0.4, -0.2) is 23.3 Å². The zero-order valence-corrected chi connectivity index (χ0v) is 10.4. The van der Waals surface area contributed by atoms with Crippen molar-refractivity contribution < 1.29 is 14.2 Å². The van der Waals surface area contributed by atoms with Gasteiger partial charge in [-0.2, -0.15) is 0 Å². The summed E-state index contributed by atoms with van der Waals surface area (Å²) in [5.74, 6) is 0.0303. The van der Waals surface area contributed by atoms with Crippen molar-refractivity contribution in [2.24, 2.45) is 0 Å². The molecule has 4 nitrogen and oxygen atoms in total. The zero-order chi connectivity index (χ0) is 11.3. The van der Waals surface area contributed by atoms with Gasteiger partial charge in [0, 0.05) is 6.20 Å². The van der Waals surface area contributed by atoms with Gasteiger partial charge in [-0.25, -0.2) is 4.98 Å². The first kappa shape index (κ1) is 12.6. The molecule has 1 N–H and O–H groups in total. The number of pyridine rings is 1. The number of hydrogen-bond acceptors (Lipinski definition) is 5. The number of nitrogens with zero attached hydrogens (tertiary/aromatic N) is 1. The Bertz CT molecular complexity index is 362. The van der Waals surface area contributed by atoms with Crippen LogP contribution in [0.5, 0.6) is 5.75 Å². The molecule has 1 aromatic rings. The Hall–Kier alpha value is -0.480. The van der Waals surface area contributed by atoms with E-state index >= 15 is 0 Å². The molecule has 84 valence electrons. The summed E-state index contributed by atoms with van der Waals surface area (Å²) in [6.45, 7) is 1.91. The van der Waals surface area contributed by atoms with Crippen LogP contribution in [0.15, 0.2) is 18.3 Å². The molecule has 0 radical (unpaired) electrons. The molecular weight excluding hydrogens is 233 g/mol. The highest BCUT2D eigenvalue weighted by molar-refractivity contribution is 8.13. The number of hydrogen-bond donors (Lipinski definition) is 1. The largest absolute Gasteiger partial charge is 0.505 e. The third kappa shape index (κ3) is 2.98. The standard InChI is InChI=1S/C9H14NO3PS/c1-3-12-14(15,13-4-2)9-8(11)6-5-7-10-9/h5-7,11H,3-4H2,1-2H3. The van der Waals surface area contributed by atoms with Crippen LogP contribution in [0.2, 0.25) is 0 Å². The molecule has 0 unspecified atom stereocenters. The van der Waals surface area contributed by atoms with Crippen LogP contribution in [0.25, 0.3) is 0 Å². The average Bonchev–Trinajstić information content (AvgIpc) is 2.19. The number of aromatic nitrogens is 1. The summed E-state index contributed by atoms with van der Waals surface area (Å²) in [7, 11) is 0. The molecule has 0 aliphatic rings. The van der Waals surface area contributed by atoms with Crippen molar-refractivity contribution in [3.05, 3.63) is 18.3 Å². The summed E-state index contributed by atoms with van der Waals surface area (Å²) in [6.07, 6.45) is 1.56. The molecule has 0 amide bonds. The highest BCUT2D eigenvalue weighted by Crippen LogP contribution is 2.48. The van der Waals surface area contributed by atoms with Gasteiger partial charge in [0.05, 0.1) is 13.2 Å². The molecule has 0 aromatic carbocycles. The summed E-state index contributed by atoms with van der Waals surface area (Å²) in [5.41, 5.74) is 0.337. The Labute approximate surface area is 94.4 Å². The van der Waals surface area contributed by atoms with Gasteiger partial charge in [0.25, 0.3) is 0 Å². The lowest BCUT2D eigenvalue weighted by molar-refractivity contribution is 0.273. The summed E-state index contributed by atoms with van der Waals surface area (Å²) < 4.78 is 10.8. The summed E-state index contributed by atoms with van der Waals surface area (Å²) in [6, 6.07) is 3.16. The van der Waals surface area contributed by atoms with Gasteiger partial charge in [0.15, 0.2) is 5.44 Å².